The van der Waals surface area contributed by atoms with Gasteiger partial charge in [-0.15, -0.1) is 0 Å². The van der Waals surface area contributed by atoms with Crippen LogP contribution < -0.4 is 4.31 Å². The van der Waals surface area contributed by atoms with Gasteiger partial charge in [0, 0.05) is 6.54 Å². The minimum absolute atomic E-state index is 0.0927. The van der Waals surface area contributed by atoms with E-state index in [1.54, 1.807) is 24.3 Å². The zero-order valence-corrected chi connectivity index (χ0v) is 11.4. The van der Waals surface area contributed by atoms with Crippen molar-refractivity contribution < 1.29 is 17.9 Å². The molecule has 6 heteroatoms. The van der Waals surface area contributed by atoms with E-state index in [0.717, 1.165) is 0 Å². The summed E-state index contributed by atoms with van der Waals surface area (Å²) < 4.78 is 30.1. The maximum atomic E-state index is 12.7. The summed E-state index contributed by atoms with van der Waals surface area (Å²) in [5.74, 6) is -0.719. The SMILES string of the molecule is COC(=O)C12CC1CCN(c1ccccc1)S2(=O)=O. The Hall–Kier alpha value is -1.56. The monoisotopic (exact) mass is 281 g/mol. The van der Waals surface area contributed by atoms with Crippen LogP contribution in [0.4, 0.5) is 5.69 Å². The number of rotatable bonds is 2. The molecule has 1 heterocycles. The molecule has 0 spiro atoms. The molecule has 3 rings (SSSR count). The van der Waals surface area contributed by atoms with Gasteiger partial charge in [-0.2, -0.15) is 0 Å². The van der Waals surface area contributed by atoms with Gasteiger partial charge < -0.3 is 4.74 Å². The first kappa shape index (κ1) is 12.5. The Morgan fingerprint density at radius 2 is 2.05 bits per heavy atom. The molecule has 0 aromatic heterocycles. The van der Waals surface area contributed by atoms with Crippen LogP contribution in [-0.4, -0.2) is 32.8 Å². The number of sulfonamides is 1. The Balaban J connectivity index is 2.04. The van der Waals surface area contributed by atoms with Crippen LogP contribution in [0.2, 0.25) is 0 Å². The molecule has 1 aromatic rings. The number of carbonyl (C=O) groups excluding carboxylic acids is 1. The molecule has 2 aliphatic rings. The number of esters is 1. The topological polar surface area (TPSA) is 63.7 Å². The fourth-order valence-electron chi connectivity index (χ4n) is 2.94. The highest BCUT2D eigenvalue weighted by molar-refractivity contribution is 7.95. The number of fused-ring (bicyclic) bond motifs is 1. The van der Waals surface area contributed by atoms with E-state index >= 15 is 0 Å². The molecular formula is C13H15NO4S. The lowest BCUT2D eigenvalue weighted by atomic mass is 10.2. The van der Waals surface area contributed by atoms with E-state index in [2.05, 4.69) is 0 Å². The molecule has 1 saturated heterocycles. The largest absolute Gasteiger partial charge is 0.468 e. The Labute approximate surface area is 112 Å². The maximum absolute atomic E-state index is 12.7. The second-order valence-electron chi connectivity index (χ2n) is 4.98. The van der Waals surface area contributed by atoms with Crippen molar-refractivity contribution in [1.82, 2.24) is 0 Å². The average Bonchev–Trinajstić information content (AvgIpc) is 3.16. The van der Waals surface area contributed by atoms with E-state index < -0.39 is 20.7 Å². The van der Waals surface area contributed by atoms with Gasteiger partial charge in [0.2, 0.25) is 0 Å². The summed E-state index contributed by atoms with van der Waals surface area (Å²) in [6.45, 7) is 0.426. The highest BCUT2D eigenvalue weighted by atomic mass is 32.2. The number of anilines is 1. The number of benzene rings is 1. The molecule has 19 heavy (non-hydrogen) atoms. The maximum Gasteiger partial charge on any atom is 0.329 e. The first-order valence-electron chi connectivity index (χ1n) is 6.20. The minimum Gasteiger partial charge on any atom is -0.468 e. The zero-order valence-electron chi connectivity index (χ0n) is 10.6. The number of para-hydroxylation sites is 1. The quantitative estimate of drug-likeness (QED) is 0.763. The van der Waals surface area contributed by atoms with Crippen molar-refractivity contribution in [3.8, 4) is 0 Å². The number of nitrogens with zero attached hydrogens (tertiary/aromatic N) is 1. The highest BCUT2D eigenvalue weighted by Crippen LogP contribution is 2.57. The van der Waals surface area contributed by atoms with Crippen LogP contribution in [0.3, 0.4) is 0 Å². The molecule has 0 N–H and O–H groups in total. The Bertz CT molecular complexity index is 613. The summed E-state index contributed by atoms with van der Waals surface area (Å²) in [4.78, 5) is 11.9. The number of carbonyl (C=O) groups is 1. The van der Waals surface area contributed by atoms with E-state index in [-0.39, 0.29) is 5.92 Å². The summed E-state index contributed by atoms with van der Waals surface area (Å²) in [6, 6.07) is 8.88. The van der Waals surface area contributed by atoms with Crippen LogP contribution in [0, 0.1) is 5.92 Å². The molecule has 1 aliphatic carbocycles. The standard InChI is InChI=1S/C13H15NO4S/c1-18-12(15)13-9-10(13)7-8-14(19(13,16)17)11-5-3-2-4-6-11/h2-6,10H,7-9H2,1H3. The fourth-order valence-corrected chi connectivity index (χ4v) is 5.32. The van der Waals surface area contributed by atoms with Crippen LogP contribution in [0.25, 0.3) is 0 Å². The zero-order chi connectivity index (χ0) is 13.7. The lowest BCUT2D eigenvalue weighted by Crippen LogP contribution is -2.50. The minimum atomic E-state index is -3.70. The van der Waals surface area contributed by atoms with E-state index in [1.165, 1.54) is 11.4 Å². The van der Waals surface area contributed by atoms with Gasteiger partial charge in [-0.3, -0.25) is 9.10 Å². The molecular weight excluding hydrogens is 266 g/mol. The van der Waals surface area contributed by atoms with Crippen LogP contribution in [0.1, 0.15) is 12.8 Å². The molecule has 2 fully saturated rings. The van der Waals surface area contributed by atoms with Crippen molar-refractivity contribution in [1.29, 1.82) is 0 Å². The van der Waals surface area contributed by atoms with Crippen LogP contribution in [0.5, 0.6) is 0 Å². The number of hydrogen-bond donors (Lipinski definition) is 0. The lowest BCUT2D eigenvalue weighted by Gasteiger charge is -2.32. The molecule has 0 bridgehead atoms. The van der Waals surface area contributed by atoms with Gasteiger partial charge >= 0.3 is 5.97 Å². The third-order valence-corrected chi connectivity index (χ3v) is 6.62. The summed E-state index contributed by atoms with van der Waals surface area (Å²) in [7, 11) is -2.46. The molecule has 102 valence electrons. The third kappa shape index (κ3) is 1.52. The molecule has 0 amide bonds. The first-order valence-corrected chi connectivity index (χ1v) is 7.64. The summed E-state index contributed by atoms with van der Waals surface area (Å²) >= 11 is 0. The summed E-state index contributed by atoms with van der Waals surface area (Å²) in [5.41, 5.74) is 0.608. The van der Waals surface area contributed by atoms with E-state index in [4.69, 9.17) is 4.74 Å². The lowest BCUT2D eigenvalue weighted by molar-refractivity contribution is -0.141. The van der Waals surface area contributed by atoms with Crippen molar-refractivity contribution in [3.05, 3.63) is 30.3 Å². The van der Waals surface area contributed by atoms with Gasteiger partial charge in [0.25, 0.3) is 10.0 Å². The van der Waals surface area contributed by atoms with E-state index in [1.807, 2.05) is 6.07 Å². The fraction of sp³-hybridized carbons (Fsp3) is 0.462. The molecule has 2 atom stereocenters. The van der Waals surface area contributed by atoms with Gasteiger partial charge in [-0.05, 0) is 30.9 Å². The predicted octanol–water partition coefficient (Wildman–Crippen LogP) is 1.16. The van der Waals surface area contributed by atoms with Crippen molar-refractivity contribution >= 4 is 21.7 Å². The second kappa shape index (κ2) is 3.96. The number of hydrogen-bond acceptors (Lipinski definition) is 4. The highest BCUT2D eigenvalue weighted by Gasteiger charge is 2.73. The Morgan fingerprint density at radius 1 is 1.37 bits per heavy atom. The Morgan fingerprint density at radius 3 is 2.68 bits per heavy atom. The van der Waals surface area contributed by atoms with Crippen molar-refractivity contribution in [2.24, 2.45) is 5.92 Å². The normalized spacial score (nSPS) is 31.4. The van der Waals surface area contributed by atoms with E-state index in [9.17, 15) is 13.2 Å². The summed E-state index contributed by atoms with van der Waals surface area (Å²) in [5, 5.41) is 0. The van der Waals surface area contributed by atoms with Crippen molar-refractivity contribution in [3.63, 3.8) is 0 Å². The van der Waals surface area contributed by atoms with Gasteiger partial charge in [0.15, 0.2) is 4.75 Å². The molecule has 0 radical (unpaired) electrons. The van der Waals surface area contributed by atoms with Crippen molar-refractivity contribution in [2.75, 3.05) is 18.0 Å². The second-order valence-corrected chi connectivity index (χ2v) is 7.10. The van der Waals surface area contributed by atoms with Crippen molar-refractivity contribution in [2.45, 2.75) is 17.6 Å². The predicted molar refractivity (Wildman–Crippen MR) is 70.2 cm³/mol. The van der Waals surface area contributed by atoms with Gasteiger partial charge in [-0.1, -0.05) is 18.2 Å². The number of ether oxygens (including phenoxy) is 1. The smallest absolute Gasteiger partial charge is 0.329 e. The van der Waals surface area contributed by atoms with Gasteiger partial charge in [0.1, 0.15) is 0 Å². The molecule has 1 aliphatic heterocycles. The van der Waals surface area contributed by atoms with Gasteiger partial charge in [-0.25, -0.2) is 8.42 Å². The van der Waals surface area contributed by atoms with Crippen LogP contribution in [0.15, 0.2) is 30.3 Å². The van der Waals surface area contributed by atoms with E-state index in [0.29, 0.717) is 25.1 Å². The molecule has 1 aromatic carbocycles. The summed E-state index contributed by atoms with van der Waals surface area (Å²) in [6.07, 6.45) is 1.08. The third-order valence-electron chi connectivity index (χ3n) is 4.06. The van der Waals surface area contributed by atoms with Gasteiger partial charge in [0.05, 0.1) is 12.8 Å². The first-order chi connectivity index (χ1) is 9.04. The molecule has 1 saturated carbocycles. The molecule has 2 unspecified atom stereocenters. The Kier molecular flexibility index (Phi) is 2.60. The van der Waals surface area contributed by atoms with Crippen LogP contribution in [-0.2, 0) is 19.6 Å². The molecule has 5 nitrogen and oxygen atoms in total. The average molecular weight is 281 g/mol. The number of methoxy groups -OCH3 is 1. The van der Waals surface area contributed by atoms with Crippen LogP contribution >= 0.6 is 0 Å².